The number of rotatable bonds is 7. The van der Waals surface area contributed by atoms with E-state index in [0.717, 1.165) is 12.1 Å². The Balaban J connectivity index is 0.00000392. The maximum absolute atomic E-state index is 11.9. The summed E-state index contributed by atoms with van der Waals surface area (Å²) in [4.78, 5) is 30.5. The molecule has 1 heterocycles. The van der Waals surface area contributed by atoms with Crippen LogP contribution < -0.4 is 23.7 Å². The van der Waals surface area contributed by atoms with Gasteiger partial charge in [0.15, 0.2) is 5.75 Å². The molecule has 0 radical (unpaired) electrons. The van der Waals surface area contributed by atoms with Gasteiger partial charge in [-0.15, -0.1) is 0 Å². The molecule has 0 unspecified atom stereocenters. The van der Waals surface area contributed by atoms with Gasteiger partial charge >= 0.3 is 51.9 Å². The number of carbonyl (C=O) groups excluding carboxylic acids is 1. The van der Waals surface area contributed by atoms with Crippen molar-refractivity contribution in [3.05, 3.63) is 35.9 Å². The van der Waals surface area contributed by atoms with E-state index in [2.05, 4.69) is 19.5 Å². The molecule has 3 N–H and O–H groups in total. The number of amides is 2. The Hall–Kier alpha value is -2.61. The van der Waals surface area contributed by atoms with Gasteiger partial charge in [0.25, 0.3) is 0 Å². The van der Waals surface area contributed by atoms with Crippen LogP contribution in [0, 0.1) is 0 Å². The Morgan fingerprint density at radius 2 is 1.64 bits per heavy atom. The zero-order chi connectivity index (χ0) is 20.0. The van der Waals surface area contributed by atoms with Crippen molar-refractivity contribution >= 4 is 57.8 Å². The zero-order valence-corrected chi connectivity index (χ0v) is 14.8. The average molecular weight is 422 g/mol. The Morgan fingerprint density at radius 1 is 1.07 bits per heavy atom. The van der Waals surface area contributed by atoms with Gasteiger partial charge in [0.1, 0.15) is 5.56 Å². The normalized spacial score (nSPS) is 10.2. The molecule has 12 nitrogen and oxygen atoms in total. The summed E-state index contributed by atoms with van der Waals surface area (Å²) >= 11 is 0. The van der Waals surface area contributed by atoms with E-state index in [-0.39, 0.29) is 47.3 Å². The van der Waals surface area contributed by atoms with Crippen LogP contribution in [0.25, 0.3) is 0 Å². The third-order valence-corrected chi connectivity index (χ3v) is 3.69. The number of nitrogens with one attached hydrogen (secondary N) is 2. The second kappa shape index (κ2) is 10.1. The van der Waals surface area contributed by atoms with Crippen LogP contribution in [-0.2, 0) is 10.3 Å². The molecule has 0 bridgehead atoms. The van der Waals surface area contributed by atoms with Crippen LogP contribution in [0.5, 0.6) is 17.5 Å². The third-order valence-electron chi connectivity index (χ3n) is 2.86. The van der Waals surface area contributed by atoms with Crippen molar-refractivity contribution in [3.8, 4) is 17.5 Å². The zero-order valence-electron chi connectivity index (χ0n) is 14.0. The quantitative estimate of drug-likeness (QED) is 0.516. The first kappa shape index (κ1) is 23.4. The first-order valence-electron chi connectivity index (χ1n) is 7.06. The second-order valence-corrected chi connectivity index (χ2v) is 5.95. The molecule has 0 saturated heterocycles. The van der Waals surface area contributed by atoms with E-state index in [1.54, 1.807) is 0 Å². The molecular weight excluding hydrogens is 407 g/mol. The van der Waals surface area contributed by atoms with Crippen LogP contribution in [0.1, 0.15) is 10.4 Å². The number of carbonyl (C=O) groups is 2. The van der Waals surface area contributed by atoms with Crippen molar-refractivity contribution in [2.45, 2.75) is 0 Å². The monoisotopic (exact) mass is 422 g/mol. The molecule has 0 atom stereocenters. The molecule has 1 aromatic carbocycles. The van der Waals surface area contributed by atoms with Gasteiger partial charge in [0, 0.05) is 0 Å². The molecule has 14 heteroatoms. The number of anilines is 1. The van der Waals surface area contributed by atoms with Crippen LogP contribution >= 0.6 is 0 Å². The molecule has 0 saturated carbocycles. The summed E-state index contributed by atoms with van der Waals surface area (Å²) in [5.74, 6) is -2.05. The number of aromatic nitrogens is 2. The number of aromatic carboxylic acids is 1. The van der Waals surface area contributed by atoms with Crippen molar-refractivity contribution in [2.24, 2.45) is 0 Å². The predicted molar refractivity (Wildman–Crippen MR) is 97.4 cm³/mol. The fourth-order valence-corrected chi connectivity index (χ4v) is 2.47. The fourth-order valence-electron chi connectivity index (χ4n) is 1.76. The van der Waals surface area contributed by atoms with Crippen LogP contribution in [-0.4, -0.2) is 79.3 Å². The van der Waals surface area contributed by atoms with Gasteiger partial charge in [-0.2, -0.15) is 18.4 Å². The summed E-state index contributed by atoms with van der Waals surface area (Å²) in [6.45, 7) is 0. The molecule has 0 aliphatic carbocycles. The molecule has 0 spiro atoms. The number of benzene rings is 1. The Bertz CT molecular complexity index is 947. The van der Waals surface area contributed by atoms with E-state index >= 15 is 0 Å². The van der Waals surface area contributed by atoms with E-state index < -0.39 is 33.6 Å². The molecular formula is C14H15N4NaO8S. The van der Waals surface area contributed by atoms with Gasteiger partial charge in [0.05, 0.1) is 20.3 Å². The average Bonchev–Trinajstić information content (AvgIpc) is 2.60. The SMILES string of the molecule is COc1cc(OC)nc(NC(=O)NS(=O)(=O)Oc2ccccc2C(=O)O)n1.[NaH]. The number of carboxylic acid groups (broad SMARTS) is 1. The van der Waals surface area contributed by atoms with E-state index in [1.807, 2.05) is 0 Å². The number of ether oxygens (including phenoxy) is 2. The molecule has 2 aromatic rings. The number of urea groups is 1. The minimum absolute atomic E-state index is 0. The Kier molecular flexibility index (Phi) is 8.43. The second-order valence-electron chi connectivity index (χ2n) is 4.67. The van der Waals surface area contributed by atoms with Crippen LogP contribution in [0.15, 0.2) is 30.3 Å². The van der Waals surface area contributed by atoms with E-state index in [1.165, 1.54) is 37.1 Å². The fraction of sp³-hybridized carbons (Fsp3) is 0.143. The summed E-state index contributed by atoms with van der Waals surface area (Å²) < 4.78 is 39.8. The van der Waals surface area contributed by atoms with E-state index in [4.69, 9.17) is 14.6 Å². The number of nitrogens with zero attached hydrogens (tertiary/aromatic N) is 2. The first-order chi connectivity index (χ1) is 12.7. The van der Waals surface area contributed by atoms with Crippen molar-refractivity contribution in [1.82, 2.24) is 14.7 Å². The number of carboxylic acids is 1. The van der Waals surface area contributed by atoms with Crippen LogP contribution in [0.3, 0.4) is 0 Å². The van der Waals surface area contributed by atoms with Gasteiger partial charge < -0.3 is 18.8 Å². The topological polar surface area (TPSA) is 166 Å². The number of methoxy groups -OCH3 is 2. The number of para-hydroxylation sites is 1. The number of hydrogen-bond acceptors (Lipinski definition) is 9. The minimum atomic E-state index is -4.68. The van der Waals surface area contributed by atoms with Crippen LogP contribution in [0.2, 0.25) is 0 Å². The summed E-state index contributed by atoms with van der Waals surface area (Å²) in [5.41, 5.74) is -0.399. The summed E-state index contributed by atoms with van der Waals surface area (Å²) in [5, 5.41) is 11.1. The summed E-state index contributed by atoms with van der Waals surface area (Å²) in [7, 11) is -2.04. The third kappa shape index (κ3) is 6.53. The predicted octanol–water partition coefficient (Wildman–Crippen LogP) is -0.0112. The summed E-state index contributed by atoms with van der Waals surface area (Å²) in [6.07, 6.45) is 0. The van der Waals surface area contributed by atoms with Gasteiger partial charge in [-0.05, 0) is 12.1 Å². The molecule has 2 amide bonds. The molecule has 2 rings (SSSR count). The molecule has 146 valence electrons. The van der Waals surface area contributed by atoms with Crippen LogP contribution in [0.4, 0.5) is 10.7 Å². The van der Waals surface area contributed by atoms with Gasteiger partial charge in [-0.25, -0.2) is 14.3 Å². The Labute approximate surface area is 181 Å². The maximum atomic E-state index is 11.9. The van der Waals surface area contributed by atoms with Crippen molar-refractivity contribution in [2.75, 3.05) is 19.5 Å². The van der Waals surface area contributed by atoms with Gasteiger partial charge in [-0.3, -0.25) is 5.32 Å². The standard InChI is InChI=1S/C14H14N4O8S.Na.H/c1-24-10-7-11(25-2)16-13(15-10)17-14(21)18-27(22,23)26-9-6-4-3-5-8(9)12(19)20;;/h3-7H,1-2H3,(H,19,20)(H2,15,16,17,18,21);;. The van der Waals surface area contributed by atoms with E-state index in [9.17, 15) is 18.0 Å². The summed E-state index contributed by atoms with van der Waals surface area (Å²) in [6, 6.07) is 5.11. The number of hydrogen-bond donors (Lipinski definition) is 3. The molecule has 0 aliphatic rings. The molecule has 0 aliphatic heterocycles. The molecule has 28 heavy (non-hydrogen) atoms. The van der Waals surface area contributed by atoms with Crippen molar-refractivity contribution in [3.63, 3.8) is 0 Å². The van der Waals surface area contributed by atoms with Crippen molar-refractivity contribution < 1.29 is 36.8 Å². The van der Waals surface area contributed by atoms with Gasteiger partial charge in [0.2, 0.25) is 17.7 Å². The molecule has 0 fully saturated rings. The van der Waals surface area contributed by atoms with Gasteiger partial charge in [-0.1, -0.05) is 12.1 Å². The first-order valence-corrected chi connectivity index (χ1v) is 8.47. The van der Waals surface area contributed by atoms with E-state index in [0.29, 0.717) is 0 Å². The Morgan fingerprint density at radius 3 is 2.18 bits per heavy atom. The molecule has 1 aromatic heterocycles. The van der Waals surface area contributed by atoms with Crippen molar-refractivity contribution in [1.29, 1.82) is 0 Å².